The van der Waals surface area contributed by atoms with E-state index in [0.29, 0.717) is 19.0 Å². The molecule has 2 amide bonds. The molecule has 0 aromatic rings. The minimum Gasteiger partial charge on any atom is -0.481 e. The average Bonchev–Trinajstić information content (AvgIpc) is 2.48. The first-order valence-corrected chi connectivity index (χ1v) is 7.92. The fraction of sp³-hybridized carbons (Fsp3) is 0.867. The normalized spacial score (nSPS) is 16.2. The van der Waals surface area contributed by atoms with Gasteiger partial charge in [0.1, 0.15) is 0 Å². The van der Waals surface area contributed by atoms with Gasteiger partial charge in [0.05, 0.1) is 19.1 Å². The lowest BCUT2D eigenvalue weighted by Gasteiger charge is -2.32. The molecule has 1 aliphatic rings. The van der Waals surface area contributed by atoms with E-state index in [2.05, 4.69) is 19.2 Å². The average molecular weight is 300 g/mol. The highest BCUT2D eigenvalue weighted by Gasteiger charge is 2.23. The van der Waals surface area contributed by atoms with E-state index in [1.807, 2.05) is 4.90 Å². The lowest BCUT2D eigenvalue weighted by atomic mass is 10.0. The van der Waals surface area contributed by atoms with E-state index in [-0.39, 0.29) is 25.2 Å². The quantitative estimate of drug-likeness (QED) is 0.719. The second-order valence-corrected chi connectivity index (χ2v) is 5.57. The van der Waals surface area contributed by atoms with Gasteiger partial charge in [-0.25, -0.2) is 4.79 Å². The Balaban J connectivity index is 2.19. The highest BCUT2D eigenvalue weighted by Crippen LogP contribution is 2.14. The molecule has 1 aliphatic heterocycles. The molecule has 0 atom stereocenters. The van der Waals surface area contributed by atoms with Crippen LogP contribution >= 0.6 is 0 Å². The van der Waals surface area contributed by atoms with Crippen LogP contribution in [-0.2, 0) is 9.53 Å². The van der Waals surface area contributed by atoms with Crippen molar-refractivity contribution in [3.63, 3.8) is 0 Å². The van der Waals surface area contributed by atoms with Crippen molar-refractivity contribution in [2.24, 2.45) is 5.92 Å². The maximum absolute atomic E-state index is 12.0. The number of hydrogen-bond acceptors (Lipinski definition) is 3. The molecule has 0 saturated carbocycles. The fourth-order valence-electron chi connectivity index (χ4n) is 2.46. The molecular weight excluding hydrogens is 272 g/mol. The molecule has 0 unspecified atom stereocenters. The minimum atomic E-state index is -0.840. The first kappa shape index (κ1) is 17.8. The molecule has 1 rings (SSSR count). The van der Waals surface area contributed by atoms with Gasteiger partial charge < -0.3 is 20.1 Å². The number of carbonyl (C=O) groups excluding carboxylic acids is 1. The van der Waals surface area contributed by atoms with Gasteiger partial charge in [-0.3, -0.25) is 4.79 Å². The van der Waals surface area contributed by atoms with Crippen molar-refractivity contribution in [2.45, 2.75) is 52.1 Å². The summed E-state index contributed by atoms with van der Waals surface area (Å²) in [5.41, 5.74) is 0. The SMILES string of the molecule is CCC(CC)CNC(=O)N1CCC(OCCC(=O)O)CC1. The molecule has 1 fully saturated rings. The van der Waals surface area contributed by atoms with Crippen LogP contribution < -0.4 is 5.32 Å². The Labute approximate surface area is 126 Å². The Hall–Kier alpha value is -1.30. The number of nitrogens with zero attached hydrogens (tertiary/aromatic N) is 1. The number of urea groups is 1. The van der Waals surface area contributed by atoms with Crippen LogP contribution in [-0.4, -0.2) is 54.4 Å². The Kier molecular flexibility index (Phi) is 8.12. The van der Waals surface area contributed by atoms with Gasteiger partial charge in [-0.1, -0.05) is 26.7 Å². The van der Waals surface area contributed by atoms with E-state index in [1.165, 1.54) is 0 Å². The number of hydrogen-bond donors (Lipinski definition) is 2. The van der Waals surface area contributed by atoms with Crippen molar-refractivity contribution >= 4 is 12.0 Å². The van der Waals surface area contributed by atoms with Crippen molar-refractivity contribution in [1.29, 1.82) is 0 Å². The van der Waals surface area contributed by atoms with E-state index in [1.54, 1.807) is 0 Å². The van der Waals surface area contributed by atoms with Crippen LogP contribution in [0.2, 0.25) is 0 Å². The monoisotopic (exact) mass is 300 g/mol. The van der Waals surface area contributed by atoms with Crippen molar-refractivity contribution < 1.29 is 19.4 Å². The summed E-state index contributed by atoms with van der Waals surface area (Å²) in [6.07, 6.45) is 3.83. The first-order valence-electron chi connectivity index (χ1n) is 7.92. The molecule has 0 bridgehead atoms. The van der Waals surface area contributed by atoms with Crippen molar-refractivity contribution in [2.75, 3.05) is 26.2 Å². The Morgan fingerprint density at radius 2 is 1.90 bits per heavy atom. The third kappa shape index (κ3) is 6.80. The smallest absolute Gasteiger partial charge is 0.317 e. The van der Waals surface area contributed by atoms with E-state index in [4.69, 9.17) is 9.84 Å². The maximum Gasteiger partial charge on any atom is 0.317 e. The molecule has 2 N–H and O–H groups in total. The highest BCUT2D eigenvalue weighted by molar-refractivity contribution is 5.74. The molecule has 0 radical (unpaired) electrons. The lowest BCUT2D eigenvalue weighted by Crippen LogP contribution is -2.47. The van der Waals surface area contributed by atoms with E-state index >= 15 is 0 Å². The molecular formula is C15H28N2O4. The summed E-state index contributed by atoms with van der Waals surface area (Å²) >= 11 is 0. The minimum absolute atomic E-state index is 0.00545. The molecule has 0 aromatic heterocycles. The van der Waals surface area contributed by atoms with Gasteiger partial charge >= 0.3 is 12.0 Å². The summed E-state index contributed by atoms with van der Waals surface area (Å²) in [5.74, 6) is -0.293. The highest BCUT2D eigenvalue weighted by atomic mass is 16.5. The molecule has 0 spiro atoms. The molecule has 6 nitrogen and oxygen atoms in total. The number of carboxylic acids is 1. The Morgan fingerprint density at radius 1 is 1.29 bits per heavy atom. The molecule has 1 saturated heterocycles. The number of carboxylic acid groups (broad SMARTS) is 1. The summed E-state index contributed by atoms with van der Waals surface area (Å²) in [4.78, 5) is 24.3. The number of nitrogens with one attached hydrogen (secondary N) is 1. The number of rotatable bonds is 8. The predicted molar refractivity (Wildman–Crippen MR) is 80.3 cm³/mol. The standard InChI is InChI=1S/C15H28N2O4/c1-3-12(4-2)11-16-15(20)17-8-5-13(6-9-17)21-10-7-14(18)19/h12-13H,3-11H2,1-2H3,(H,16,20)(H,18,19). The fourth-order valence-corrected chi connectivity index (χ4v) is 2.46. The van der Waals surface area contributed by atoms with Crippen LogP contribution in [0.15, 0.2) is 0 Å². The van der Waals surface area contributed by atoms with Crippen LogP contribution in [0.5, 0.6) is 0 Å². The molecule has 6 heteroatoms. The Bertz CT molecular complexity index is 324. The van der Waals surface area contributed by atoms with Crippen molar-refractivity contribution in [3.8, 4) is 0 Å². The lowest BCUT2D eigenvalue weighted by molar-refractivity contribution is -0.138. The summed E-state index contributed by atoms with van der Waals surface area (Å²) in [6.45, 7) is 6.61. The van der Waals surface area contributed by atoms with Crippen LogP contribution in [0.4, 0.5) is 4.79 Å². The van der Waals surface area contributed by atoms with Gasteiger partial charge in [-0.15, -0.1) is 0 Å². The molecule has 21 heavy (non-hydrogen) atoms. The third-order valence-electron chi connectivity index (χ3n) is 4.10. The van der Waals surface area contributed by atoms with E-state index in [0.717, 1.165) is 32.2 Å². The third-order valence-corrected chi connectivity index (χ3v) is 4.10. The molecule has 1 heterocycles. The number of ether oxygens (including phenoxy) is 1. The summed E-state index contributed by atoms with van der Waals surface area (Å²) < 4.78 is 5.52. The topological polar surface area (TPSA) is 78.9 Å². The van der Waals surface area contributed by atoms with Crippen molar-refractivity contribution in [3.05, 3.63) is 0 Å². The number of likely N-dealkylation sites (tertiary alicyclic amines) is 1. The van der Waals surface area contributed by atoms with Gasteiger partial charge in [-0.2, -0.15) is 0 Å². The van der Waals surface area contributed by atoms with Gasteiger partial charge in [0.2, 0.25) is 0 Å². The van der Waals surface area contributed by atoms with E-state index in [9.17, 15) is 9.59 Å². The zero-order valence-electron chi connectivity index (χ0n) is 13.1. The van der Waals surface area contributed by atoms with Crippen LogP contribution in [0.25, 0.3) is 0 Å². The number of aliphatic carboxylic acids is 1. The summed E-state index contributed by atoms with van der Waals surface area (Å²) in [5, 5.41) is 11.6. The number of amides is 2. The first-order chi connectivity index (χ1) is 10.1. The van der Waals surface area contributed by atoms with Crippen molar-refractivity contribution in [1.82, 2.24) is 10.2 Å². The molecule has 0 aromatic carbocycles. The molecule has 0 aliphatic carbocycles. The number of carbonyl (C=O) groups is 2. The predicted octanol–water partition coefficient (Wildman–Crippen LogP) is 2.09. The van der Waals surface area contributed by atoms with E-state index < -0.39 is 5.97 Å². The van der Waals surface area contributed by atoms with Crippen LogP contribution in [0.1, 0.15) is 46.0 Å². The van der Waals surface area contributed by atoms with Gasteiger partial charge in [-0.05, 0) is 18.8 Å². The zero-order chi connectivity index (χ0) is 15.7. The van der Waals surface area contributed by atoms with Gasteiger partial charge in [0.15, 0.2) is 0 Å². The second-order valence-electron chi connectivity index (χ2n) is 5.57. The summed E-state index contributed by atoms with van der Waals surface area (Å²) in [6, 6.07) is 0.00545. The molecule has 122 valence electrons. The second kappa shape index (κ2) is 9.60. The number of piperidine rings is 1. The van der Waals surface area contributed by atoms with Gasteiger partial charge in [0.25, 0.3) is 0 Å². The van der Waals surface area contributed by atoms with Gasteiger partial charge in [0, 0.05) is 19.6 Å². The largest absolute Gasteiger partial charge is 0.481 e. The van der Waals surface area contributed by atoms with Crippen LogP contribution in [0, 0.1) is 5.92 Å². The maximum atomic E-state index is 12.0. The Morgan fingerprint density at radius 3 is 2.43 bits per heavy atom. The zero-order valence-corrected chi connectivity index (χ0v) is 13.1. The van der Waals surface area contributed by atoms with Crippen LogP contribution in [0.3, 0.4) is 0 Å². The summed E-state index contributed by atoms with van der Waals surface area (Å²) in [7, 11) is 0.